The van der Waals surface area contributed by atoms with Gasteiger partial charge in [-0.1, -0.05) is 6.07 Å². The summed E-state index contributed by atoms with van der Waals surface area (Å²) in [6, 6.07) is 5.91. The van der Waals surface area contributed by atoms with Crippen molar-refractivity contribution in [3.8, 4) is 11.6 Å². The van der Waals surface area contributed by atoms with E-state index in [2.05, 4.69) is 9.97 Å². The van der Waals surface area contributed by atoms with Crippen LogP contribution in [0.25, 0.3) is 0 Å². The normalized spacial score (nSPS) is 11.4. The van der Waals surface area contributed by atoms with Gasteiger partial charge in [-0.05, 0) is 12.1 Å². The molecule has 0 radical (unpaired) electrons. The van der Waals surface area contributed by atoms with Gasteiger partial charge >= 0.3 is 6.18 Å². The number of ether oxygens (including phenoxy) is 1. The molecule has 8 heteroatoms. The van der Waals surface area contributed by atoms with Crippen LogP contribution in [0.3, 0.4) is 0 Å². The summed E-state index contributed by atoms with van der Waals surface area (Å²) in [5, 5.41) is 0. The Morgan fingerprint density at radius 1 is 1.11 bits per heavy atom. The minimum Gasteiger partial charge on any atom is -0.439 e. The molecule has 2 N–H and O–H groups in total. The molecule has 100 valence electrons. The molecule has 0 fully saturated rings. The van der Waals surface area contributed by atoms with Crippen molar-refractivity contribution in [2.75, 3.05) is 5.73 Å². The highest BCUT2D eigenvalue weighted by Gasteiger charge is 2.35. The van der Waals surface area contributed by atoms with E-state index in [-0.39, 0.29) is 5.75 Å². The Kier molecular flexibility index (Phi) is 3.24. The van der Waals surface area contributed by atoms with Crippen molar-refractivity contribution in [1.29, 1.82) is 0 Å². The van der Waals surface area contributed by atoms with Crippen LogP contribution >= 0.6 is 0 Å². The Labute approximate surface area is 104 Å². The number of nitrogen functional groups attached to an aromatic ring is 1. The predicted molar refractivity (Wildman–Crippen MR) is 57.9 cm³/mol. The maximum atomic E-state index is 12.9. The van der Waals surface area contributed by atoms with E-state index in [1.54, 1.807) is 0 Å². The van der Waals surface area contributed by atoms with Crippen molar-refractivity contribution >= 4 is 5.82 Å². The molecule has 0 aliphatic rings. The zero-order valence-electron chi connectivity index (χ0n) is 9.28. The van der Waals surface area contributed by atoms with Gasteiger partial charge in [0.1, 0.15) is 17.4 Å². The van der Waals surface area contributed by atoms with Crippen LogP contribution in [0.4, 0.5) is 23.4 Å². The first-order chi connectivity index (χ1) is 8.84. The molecule has 4 nitrogen and oxygen atoms in total. The van der Waals surface area contributed by atoms with E-state index in [9.17, 15) is 17.6 Å². The lowest BCUT2D eigenvalue weighted by molar-refractivity contribution is -0.145. The van der Waals surface area contributed by atoms with Gasteiger partial charge in [-0.3, -0.25) is 0 Å². The van der Waals surface area contributed by atoms with Crippen molar-refractivity contribution in [2.45, 2.75) is 6.18 Å². The van der Waals surface area contributed by atoms with Gasteiger partial charge in [0.2, 0.25) is 11.7 Å². The van der Waals surface area contributed by atoms with E-state index in [1.807, 2.05) is 0 Å². The average molecular weight is 273 g/mol. The number of alkyl halides is 3. The number of halogens is 4. The van der Waals surface area contributed by atoms with Crippen molar-refractivity contribution in [2.24, 2.45) is 0 Å². The molecule has 0 amide bonds. The zero-order chi connectivity index (χ0) is 14.0. The largest absolute Gasteiger partial charge is 0.451 e. The van der Waals surface area contributed by atoms with E-state index in [0.717, 1.165) is 12.1 Å². The van der Waals surface area contributed by atoms with E-state index < -0.39 is 29.5 Å². The first kappa shape index (κ1) is 13.1. The van der Waals surface area contributed by atoms with Gasteiger partial charge in [0, 0.05) is 12.1 Å². The molecular formula is C11H7F4N3O. The molecule has 19 heavy (non-hydrogen) atoms. The number of hydrogen-bond acceptors (Lipinski definition) is 4. The standard InChI is InChI=1S/C11H7F4N3O/c12-6-2-1-3-7(4-6)19-9-5-8(16)17-10(18-9)11(13,14)15/h1-5H,(H2,16,17,18). The van der Waals surface area contributed by atoms with Gasteiger partial charge in [-0.2, -0.15) is 18.2 Å². The third kappa shape index (κ3) is 3.30. The Hall–Kier alpha value is -2.38. The quantitative estimate of drug-likeness (QED) is 0.854. The van der Waals surface area contributed by atoms with E-state index in [0.29, 0.717) is 0 Å². The van der Waals surface area contributed by atoms with E-state index in [1.165, 1.54) is 18.2 Å². The Balaban J connectivity index is 2.33. The Bertz CT molecular complexity index is 601. The second-order valence-corrected chi connectivity index (χ2v) is 3.51. The fraction of sp³-hybridized carbons (Fsp3) is 0.0909. The number of anilines is 1. The SMILES string of the molecule is Nc1cc(Oc2cccc(F)c2)nc(C(F)(F)F)n1. The molecule has 2 aromatic rings. The van der Waals surface area contributed by atoms with Gasteiger partial charge in [0.15, 0.2) is 0 Å². The molecule has 0 saturated heterocycles. The second-order valence-electron chi connectivity index (χ2n) is 3.51. The molecular weight excluding hydrogens is 266 g/mol. The number of nitrogens with zero attached hydrogens (tertiary/aromatic N) is 2. The fourth-order valence-corrected chi connectivity index (χ4v) is 1.27. The summed E-state index contributed by atoms with van der Waals surface area (Å²) in [5.41, 5.74) is 5.23. The molecule has 0 atom stereocenters. The number of nitrogens with two attached hydrogens (primary N) is 1. The van der Waals surface area contributed by atoms with Gasteiger partial charge in [0.05, 0.1) is 0 Å². The topological polar surface area (TPSA) is 61.0 Å². The minimum absolute atomic E-state index is 0.00576. The third-order valence-corrected chi connectivity index (χ3v) is 1.99. The number of benzene rings is 1. The molecule has 2 rings (SSSR count). The van der Waals surface area contributed by atoms with Gasteiger partial charge in [-0.25, -0.2) is 9.37 Å². The molecule has 0 aliphatic carbocycles. The first-order valence-electron chi connectivity index (χ1n) is 5.00. The van der Waals surface area contributed by atoms with Crippen LogP contribution in [0.5, 0.6) is 11.6 Å². The lowest BCUT2D eigenvalue weighted by atomic mass is 10.3. The van der Waals surface area contributed by atoms with E-state index in [4.69, 9.17) is 10.5 Å². The zero-order valence-corrected chi connectivity index (χ0v) is 9.28. The summed E-state index contributed by atoms with van der Waals surface area (Å²) in [6.07, 6.45) is -4.74. The Morgan fingerprint density at radius 2 is 1.84 bits per heavy atom. The molecule has 1 heterocycles. The Morgan fingerprint density at radius 3 is 2.47 bits per heavy atom. The van der Waals surface area contributed by atoms with Crippen LogP contribution in [0.1, 0.15) is 5.82 Å². The number of rotatable bonds is 2. The monoisotopic (exact) mass is 273 g/mol. The third-order valence-electron chi connectivity index (χ3n) is 1.99. The molecule has 1 aromatic carbocycles. The lowest BCUT2D eigenvalue weighted by Crippen LogP contribution is -2.12. The summed E-state index contributed by atoms with van der Waals surface area (Å²) in [6.45, 7) is 0. The molecule has 0 unspecified atom stereocenters. The van der Waals surface area contributed by atoms with E-state index >= 15 is 0 Å². The van der Waals surface area contributed by atoms with Crippen molar-refractivity contribution in [3.63, 3.8) is 0 Å². The van der Waals surface area contributed by atoms with Crippen LogP contribution < -0.4 is 10.5 Å². The number of aromatic nitrogens is 2. The lowest BCUT2D eigenvalue weighted by Gasteiger charge is -2.09. The van der Waals surface area contributed by atoms with Crippen LogP contribution in [0.15, 0.2) is 30.3 Å². The maximum Gasteiger partial charge on any atom is 0.451 e. The first-order valence-corrected chi connectivity index (χ1v) is 5.00. The highest BCUT2D eigenvalue weighted by atomic mass is 19.4. The van der Waals surface area contributed by atoms with Gasteiger partial charge < -0.3 is 10.5 Å². The second kappa shape index (κ2) is 4.71. The summed E-state index contributed by atoms with van der Waals surface area (Å²) in [5.74, 6) is -2.81. The van der Waals surface area contributed by atoms with Gasteiger partial charge in [0.25, 0.3) is 0 Å². The van der Waals surface area contributed by atoms with Crippen LogP contribution in [0.2, 0.25) is 0 Å². The molecule has 1 aromatic heterocycles. The summed E-state index contributed by atoms with van der Waals surface area (Å²) >= 11 is 0. The summed E-state index contributed by atoms with van der Waals surface area (Å²) < 4.78 is 55.3. The van der Waals surface area contributed by atoms with Crippen LogP contribution in [-0.2, 0) is 6.18 Å². The number of hydrogen-bond donors (Lipinski definition) is 1. The minimum atomic E-state index is -4.74. The molecule has 0 bridgehead atoms. The fourth-order valence-electron chi connectivity index (χ4n) is 1.27. The summed E-state index contributed by atoms with van der Waals surface area (Å²) in [7, 11) is 0. The van der Waals surface area contributed by atoms with Crippen molar-refractivity contribution in [1.82, 2.24) is 9.97 Å². The molecule has 0 aliphatic heterocycles. The van der Waals surface area contributed by atoms with Crippen molar-refractivity contribution in [3.05, 3.63) is 42.0 Å². The maximum absolute atomic E-state index is 12.9. The highest BCUT2D eigenvalue weighted by Crippen LogP contribution is 2.29. The smallest absolute Gasteiger partial charge is 0.439 e. The van der Waals surface area contributed by atoms with Crippen LogP contribution in [-0.4, -0.2) is 9.97 Å². The average Bonchev–Trinajstić information content (AvgIpc) is 2.26. The van der Waals surface area contributed by atoms with Crippen molar-refractivity contribution < 1.29 is 22.3 Å². The van der Waals surface area contributed by atoms with Crippen LogP contribution in [0, 0.1) is 5.82 Å². The van der Waals surface area contributed by atoms with Gasteiger partial charge in [-0.15, -0.1) is 0 Å². The summed E-state index contributed by atoms with van der Waals surface area (Å²) in [4.78, 5) is 6.22. The highest BCUT2D eigenvalue weighted by molar-refractivity contribution is 5.36. The molecule has 0 spiro atoms. The predicted octanol–water partition coefficient (Wildman–Crippen LogP) is 3.01. The molecule has 0 saturated carbocycles.